The summed E-state index contributed by atoms with van der Waals surface area (Å²) < 4.78 is 0. The van der Waals surface area contributed by atoms with Crippen LogP contribution in [0.4, 0.5) is 0 Å². The van der Waals surface area contributed by atoms with Gasteiger partial charge in [-0.1, -0.05) is 18.2 Å². The molecule has 98 valence electrons. The molecule has 1 amide bonds. The zero-order valence-electron chi connectivity index (χ0n) is 10.7. The molecule has 18 heavy (non-hydrogen) atoms. The van der Waals surface area contributed by atoms with Crippen molar-refractivity contribution in [2.24, 2.45) is 0 Å². The molecular formula is C14H20N2O2. The molecule has 1 aromatic rings. The number of amides is 1. The van der Waals surface area contributed by atoms with Crippen molar-refractivity contribution >= 4 is 5.91 Å². The van der Waals surface area contributed by atoms with E-state index in [0.29, 0.717) is 6.54 Å². The van der Waals surface area contributed by atoms with Crippen LogP contribution in [0.2, 0.25) is 0 Å². The van der Waals surface area contributed by atoms with Crippen molar-refractivity contribution in [1.29, 1.82) is 0 Å². The molecule has 0 aromatic heterocycles. The highest BCUT2D eigenvalue weighted by Crippen LogP contribution is 2.20. The van der Waals surface area contributed by atoms with Crippen LogP contribution in [0.1, 0.15) is 31.7 Å². The fraction of sp³-hybridized carbons (Fsp3) is 0.500. The van der Waals surface area contributed by atoms with E-state index >= 15 is 0 Å². The van der Waals surface area contributed by atoms with Gasteiger partial charge in [0.2, 0.25) is 5.91 Å². The quantitative estimate of drug-likeness (QED) is 0.760. The molecule has 4 nitrogen and oxygen atoms in total. The van der Waals surface area contributed by atoms with Crippen LogP contribution in [-0.4, -0.2) is 23.1 Å². The second-order valence-corrected chi connectivity index (χ2v) is 5.03. The molecule has 1 atom stereocenters. The lowest BCUT2D eigenvalue weighted by atomic mass is 9.90. The minimum Gasteiger partial charge on any atom is -0.508 e. The monoisotopic (exact) mass is 248 g/mol. The number of rotatable bonds is 3. The number of piperidine rings is 1. The van der Waals surface area contributed by atoms with Crippen LogP contribution in [0, 0.1) is 0 Å². The number of para-hydroxylation sites is 1. The molecule has 1 fully saturated rings. The van der Waals surface area contributed by atoms with Gasteiger partial charge in [0, 0.05) is 12.1 Å². The summed E-state index contributed by atoms with van der Waals surface area (Å²) in [7, 11) is 0. The normalized spacial score (nSPS) is 23.6. The van der Waals surface area contributed by atoms with Crippen LogP contribution in [0.25, 0.3) is 0 Å². The largest absolute Gasteiger partial charge is 0.508 e. The van der Waals surface area contributed by atoms with Crippen molar-refractivity contribution in [2.45, 2.75) is 38.3 Å². The maximum atomic E-state index is 12.1. The Labute approximate surface area is 107 Å². The first-order valence-corrected chi connectivity index (χ1v) is 6.42. The molecule has 0 saturated carbocycles. The van der Waals surface area contributed by atoms with E-state index in [1.807, 2.05) is 19.1 Å². The second-order valence-electron chi connectivity index (χ2n) is 5.03. The summed E-state index contributed by atoms with van der Waals surface area (Å²) in [6.07, 6.45) is 3.06. The minimum absolute atomic E-state index is 0.00505. The first-order chi connectivity index (χ1) is 8.62. The standard InChI is InChI=1S/C14H20N2O2/c1-14(8-4-5-9-16-14)13(18)15-10-11-6-2-3-7-12(11)17/h2-3,6-7,16-17H,4-5,8-10H2,1H3,(H,15,18). The Bertz CT molecular complexity index is 426. The van der Waals surface area contributed by atoms with Crippen molar-refractivity contribution in [1.82, 2.24) is 10.6 Å². The van der Waals surface area contributed by atoms with Crippen LogP contribution in [0.3, 0.4) is 0 Å². The first kappa shape index (κ1) is 12.9. The van der Waals surface area contributed by atoms with Crippen LogP contribution in [0.5, 0.6) is 5.75 Å². The van der Waals surface area contributed by atoms with Gasteiger partial charge in [-0.2, -0.15) is 0 Å². The van der Waals surface area contributed by atoms with Crippen LogP contribution in [0.15, 0.2) is 24.3 Å². The van der Waals surface area contributed by atoms with Crippen molar-refractivity contribution < 1.29 is 9.90 Å². The fourth-order valence-corrected chi connectivity index (χ4v) is 2.28. The van der Waals surface area contributed by atoms with E-state index in [1.165, 1.54) is 0 Å². The SMILES string of the molecule is CC1(C(=O)NCc2ccccc2O)CCCCN1. The molecule has 0 bridgehead atoms. The first-order valence-electron chi connectivity index (χ1n) is 6.42. The van der Waals surface area contributed by atoms with E-state index in [1.54, 1.807) is 12.1 Å². The Morgan fingerprint density at radius 2 is 2.22 bits per heavy atom. The zero-order chi connectivity index (χ0) is 13.0. The summed E-state index contributed by atoms with van der Waals surface area (Å²) in [5, 5.41) is 15.8. The minimum atomic E-state index is -0.470. The maximum Gasteiger partial charge on any atom is 0.240 e. The molecule has 1 unspecified atom stereocenters. The lowest BCUT2D eigenvalue weighted by Crippen LogP contribution is -2.56. The number of aromatic hydroxyl groups is 1. The summed E-state index contributed by atoms with van der Waals surface area (Å²) >= 11 is 0. The highest BCUT2D eigenvalue weighted by molar-refractivity contribution is 5.86. The molecule has 4 heteroatoms. The Morgan fingerprint density at radius 1 is 1.44 bits per heavy atom. The number of carbonyl (C=O) groups excluding carboxylic acids is 1. The molecule has 1 aliphatic heterocycles. The highest BCUT2D eigenvalue weighted by atomic mass is 16.3. The molecular weight excluding hydrogens is 228 g/mol. The Kier molecular flexibility index (Phi) is 3.87. The summed E-state index contributed by atoms with van der Waals surface area (Å²) in [6, 6.07) is 7.06. The van der Waals surface area contributed by atoms with E-state index in [9.17, 15) is 9.90 Å². The summed E-state index contributed by atoms with van der Waals surface area (Å²) in [4.78, 5) is 12.1. The van der Waals surface area contributed by atoms with Gasteiger partial charge in [0.1, 0.15) is 5.75 Å². The van der Waals surface area contributed by atoms with E-state index < -0.39 is 5.54 Å². The number of nitrogens with one attached hydrogen (secondary N) is 2. The Balaban J connectivity index is 1.94. The van der Waals surface area contributed by atoms with Gasteiger partial charge in [-0.3, -0.25) is 4.79 Å². The number of benzene rings is 1. The molecule has 1 saturated heterocycles. The van der Waals surface area contributed by atoms with Crippen LogP contribution < -0.4 is 10.6 Å². The molecule has 1 heterocycles. The lowest BCUT2D eigenvalue weighted by Gasteiger charge is -2.33. The zero-order valence-corrected chi connectivity index (χ0v) is 10.7. The molecule has 1 aliphatic rings. The Hall–Kier alpha value is -1.55. The fourth-order valence-electron chi connectivity index (χ4n) is 2.28. The van der Waals surface area contributed by atoms with Crippen LogP contribution >= 0.6 is 0 Å². The van der Waals surface area contributed by atoms with Gasteiger partial charge in [-0.05, 0) is 38.8 Å². The van der Waals surface area contributed by atoms with Crippen molar-refractivity contribution in [3.05, 3.63) is 29.8 Å². The van der Waals surface area contributed by atoms with Gasteiger partial charge in [0.05, 0.1) is 5.54 Å². The number of hydrogen-bond donors (Lipinski definition) is 3. The van der Waals surface area contributed by atoms with Gasteiger partial charge in [-0.25, -0.2) is 0 Å². The summed E-state index contributed by atoms with van der Waals surface area (Å²) in [6.45, 7) is 3.19. The average Bonchev–Trinajstić information content (AvgIpc) is 2.38. The van der Waals surface area contributed by atoms with Gasteiger partial charge in [0.15, 0.2) is 0 Å². The third-order valence-electron chi connectivity index (χ3n) is 3.55. The predicted molar refractivity (Wildman–Crippen MR) is 70.2 cm³/mol. The summed E-state index contributed by atoms with van der Waals surface area (Å²) in [5.74, 6) is 0.227. The third kappa shape index (κ3) is 2.82. The summed E-state index contributed by atoms with van der Waals surface area (Å²) in [5.41, 5.74) is 0.271. The second kappa shape index (κ2) is 5.40. The number of phenols is 1. The Morgan fingerprint density at radius 3 is 2.89 bits per heavy atom. The van der Waals surface area contributed by atoms with Gasteiger partial charge in [0.25, 0.3) is 0 Å². The van der Waals surface area contributed by atoms with E-state index in [0.717, 1.165) is 31.4 Å². The molecule has 0 radical (unpaired) electrons. The maximum absolute atomic E-state index is 12.1. The molecule has 1 aromatic carbocycles. The van der Waals surface area contributed by atoms with Crippen molar-refractivity contribution in [2.75, 3.05) is 6.54 Å². The van der Waals surface area contributed by atoms with Gasteiger partial charge >= 0.3 is 0 Å². The number of hydrogen-bond acceptors (Lipinski definition) is 3. The van der Waals surface area contributed by atoms with E-state index in [-0.39, 0.29) is 11.7 Å². The average molecular weight is 248 g/mol. The van der Waals surface area contributed by atoms with Crippen molar-refractivity contribution in [3.8, 4) is 5.75 Å². The van der Waals surface area contributed by atoms with Crippen LogP contribution in [-0.2, 0) is 11.3 Å². The molecule has 2 rings (SSSR count). The van der Waals surface area contributed by atoms with E-state index in [2.05, 4.69) is 10.6 Å². The molecule has 0 spiro atoms. The smallest absolute Gasteiger partial charge is 0.240 e. The number of phenolic OH excluding ortho intramolecular Hbond substituents is 1. The van der Waals surface area contributed by atoms with Gasteiger partial charge in [-0.15, -0.1) is 0 Å². The predicted octanol–water partition coefficient (Wildman–Crippen LogP) is 1.54. The third-order valence-corrected chi connectivity index (χ3v) is 3.55. The molecule has 3 N–H and O–H groups in total. The highest BCUT2D eigenvalue weighted by Gasteiger charge is 2.33. The van der Waals surface area contributed by atoms with Gasteiger partial charge < -0.3 is 15.7 Å². The number of carbonyl (C=O) groups is 1. The van der Waals surface area contributed by atoms with E-state index in [4.69, 9.17) is 0 Å². The topological polar surface area (TPSA) is 61.4 Å². The molecule has 0 aliphatic carbocycles. The van der Waals surface area contributed by atoms with Crippen molar-refractivity contribution in [3.63, 3.8) is 0 Å². The lowest BCUT2D eigenvalue weighted by molar-refractivity contribution is -0.128.